The molecule has 1 saturated carbocycles. The topological polar surface area (TPSA) is 81.7 Å². The molecule has 8 heteroatoms. The van der Waals surface area contributed by atoms with Crippen molar-refractivity contribution in [3.8, 4) is 22.6 Å². The van der Waals surface area contributed by atoms with E-state index < -0.39 is 0 Å². The van der Waals surface area contributed by atoms with E-state index in [1.165, 1.54) is 12.8 Å². The Kier molecular flexibility index (Phi) is 7.76. The molecule has 2 fully saturated rings. The summed E-state index contributed by atoms with van der Waals surface area (Å²) in [6, 6.07) is 19.1. The fourth-order valence-corrected chi connectivity index (χ4v) is 6.21. The predicted molar refractivity (Wildman–Crippen MR) is 155 cm³/mol. The molecule has 204 valence electrons. The molecule has 0 bridgehead atoms. The van der Waals surface area contributed by atoms with Crippen molar-refractivity contribution in [1.29, 1.82) is 0 Å². The monoisotopic (exact) mass is 526 g/mol. The number of rotatable bonds is 8. The number of hydrogen-bond donors (Lipinski definition) is 1. The minimum absolute atomic E-state index is 0.412. The number of methoxy groups -OCH3 is 1. The summed E-state index contributed by atoms with van der Waals surface area (Å²) in [5.74, 6) is 2.15. The van der Waals surface area contributed by atoms with Gasteiger partial charge >= 0.3 is 0 Å². The summed E-state index contributed by atoms with van der Waals surface area (Å²) in [5.41, 5.74) is 9.51. The molecule has 6 rings (SSSR count). The summed E-state index contributed by atoms with van der Waals surface area (Å²) >= 11 is 0. The zero-order valence-electron chi connectivity index (χ0n) is 22.7. The first-order valence-electron chi connectivity index (χ1n) is 14.1. The highest BCUT2D eigenvalue weighted by Crippen LogP contribution is 2.39. The number of nitrogen functional groups attached to an aromatic ring is 1. The Morgan fingerprint density at radius 3 is 2.26 bits per heavy atom. The standard InChI is InChI=1S/C31H38N6O2/c1-38-20-19-35-15-17-36(18-16-35)24-9-11-25(12-10-24)37-21-28(29-30(32)33-22-34-31(29)37)23-7-13-27(14-8-23)39-26-5-3-2-4-6-26/h2-8,13-14,21-22,24-25H,9-12,15-20H2,1H3,(H2,32,33,34). The maximum atomic E-state index is 6.42. The van der Waals surface area contributed by atoms with Gasteiger partial charge in [-0.25, -0.2) is 9.97 Å². The van der Waals surface area contributed by atoms with Gasteiger partial charge < -0.3 is 19.8 Å². The average Bonchev–Trinajstić information content (AvgIpc) is 3.38. The number of aromatic nitrogens is 3. The zero-order valence-corrected chi connectivity index (χ0v) is 22.7. The van der Waals surface area contributed by atoms with Crippen LogP contribution in [0.2, 0.25) is 0 Å². The van der Waals surface area contributed by atoms with Crippen LogP contribution in [0.1, 0.15) is 31.7 Å². The molecule has 8 nitrogen and oxygen atoms in total. The van der Waals surface area contributed by atoms with Crippen molar-refractivity contribution in [2.24, 2.45) is 0 Å². The number of anilines is 1. The molecule has 2 aromatic carbocycles. The Labute approximate surface area is 230 Å². The molecule has 0 spiro atoms. The lowest BCUT2D eigenvalue weighted by Gasteiger charge is -2.42. The molecular weight excluding hydrogens is 488 g/mol. The lowest BCUT2D eigenvalue weighted by Crippen LogP contribution is -2.51. The Morgan fingerprint density at radius 1 is 0.846 bits per heavy atom. The first-order chi connectivity index (χ1) is 19.2. The highest BCUT2D eigenvalue weighted by molar-refractivity contribution is 6.00. The number of ether oxygens (including phenoxy) is 2. The molecule has 39 heavy (non-hydrogen) atoms. The number of nitrogens with two attached hydrogens (primary N) is 1. The largest absolute Gasteiger partial charge is 0.457 e. The molecule has 1 saturated heterocycles. The summed E-state index contributed by atoms with van der Waals surface area (Å²) < 4.78 is 13.6. The van der Waals surface area contributed by atoms with E-state index in [1.54, 1.807) is 13.4 Å². The van der Waals surface area contributed by atoms with Gasteiger partial charge in [-0.15, -0.1) is 0 Å². The smallest absolute Gasteiger partial charge is 0.146 e. The van der Waals surface area contributed by atoms with Gasteiger partial charge in [-0.3, -0.25) is 9.80 Å². The van der Waals surface area contributed by atoms with Gasteiger partial charge in [0.1, 0.15) is 29.3 Å². The van der Waals surface area contributed by atoms with Crippen LogP contribution in [0, 0.1) is 0 Å². The highest BCUT2D eigenvalue weighted by Gasteiger charge is 2.30. The van der Waals surface area contributed by atoms with Crippen molar-refractivity contribution in [2.45, 2.75) is 37.8 Å². The summed E-state index contributed by atoms with van der Waals surface area (Å²) in [6.07, 6.45) is 8.54. The van der Waals surface area contributed by atoms with Crippen LogP contribution in [0.15, 0.2) is 67.1 Å². The molecular formula is C31H38N6O2. The van der Waals surface area contributed by atoms with Gasteiger partial charge in [-0.2, -0.15) is 0 Å². The Balaban J connectivity index is 1.16. The van der Waals surface area contributed by atoms with Gasteiger partial charge in [0.15, 0.2) is 0 Å². The van der Waals surface area contributed by atoms with Gasteiger partial charge in [0.05, 0.1) is 12.0 Å². The Bertz CT molecular complexity index is 1360. The van der Waals surface area contributed by atoms with E-state index in [1.807, 2.05) is 42.5 Å². The van der Waals surface area contributed by atoms with Crippen LogP contribution in [-0.4, -0.2) is 76.8 Å². The van der Waals surface area contributed by atoms with Crippen molar-refractivity contribution in [3.63, 3.8) is 0 Å². The number of nitrogens with zero attached hydrogens (tertiary/aromatic N) is 5. The molecule has 1 aliphatic carbocycles. The van der Waals surface area contributed by atoms with Crippen molar-refractivity contribution in [3.05, 3.63) is 67.1 Å². The predicted octanol–water partition coefficient (Wildman–Crippen LogP) is 5.22. The van der Waals surface area contributed by atoms with E-state index in [2.05, 4.69) is 37.7 Å². The summed E-state index contributed by atoms with van der Waals surface area (Å²) in [7, 11) is 1.78. The molecule has 3 heterocycles. The van der Waals surface area contributed by atoms with Gasteiger partial charge in [0.2, 0.25) is 0 Å². The van der Waals surface area contributed by atoms with Gasteiger partial charge in [-0.05, 0) is 55.5 Å². The number of benzene rings is 2. The van der Waals surface area contributed by atoms with Crippen molar-refractivity contribution in [1.82, 2.24) is 24.3 Å². The third-order valence-electron chi connectivity index (χ3n) is 8.38. The second-order valence-corrected chi connectivity index (χ2v) is 10.7. The van der Waals surface area contributed by atoms with Crippen LogP contribution in [0.3, 0.4) is 0 Å². The quantitative estimate of drug-likeness (QED) is 0.337. The molecule has 2 aliphatic rings. The molecule has 0 atom stereocenters. The van der Waals surface area contributed by atoms with Gasteiger partial charge in [0, 0.05) is 63.7 Å². The molecule has 0 radical (unpaired) electrons. The summed E-state index contributed by atoms with van der Waals surface area (Å²) in [5, 5.41) is 0.934. The third-order valence-corrected chi connectivity index (χ3v) is 8.38. The maximum absolute atomic E-state index is 6.42. The van der Waals surface area contributed by atoms with Crippen molar-refractivity contribution in [2.75, 3.05) is 52.2 Å². The van der Waals surface area contributed by atoms with E-state index >= 15 is 0 Å². The normalized spacial score (nSPS) is 20.8. The number of piperazine rings is 1. The van der Waals surface area contributed by atoms with E-state index in [0.29, 0.717) is 17.9 Å². The first kappa shape index (κ1) is 25.8. The van der Waals surface area contributed by atoms with E-state index in [0.717, 1.165) is 85.8 Å². The molecule has 0 unspecified atom stereocenters. The maximum Gasteiger partial charge on any atom is 0.146 e. The van der Waals surface area contributed by atoms with Crippen LogP contribution in [0.25, 0.3) is 22.2 Å². The summed E-state index contributed by atoms with van der Waals surface area (Å²) in [6.45, 7) is 6.44. The fourth-order valence-electron chi connectivity index (χ4n) is 6.21. The molecule has 4 aromatic rings. The molecule has 1 aliphatic heterocycles. The lowest BCUT2D eigenvalue weighted by atomic mass is 9.89. The fraction of sp³-hybridized carbons (Fsp3) is 0.419. The Morgan fingerprint density at radius 2 is 1.54 bits per heavy atom. The van der Waals surface area contributed by atoms with E-state index in [-0.39, 0.29) is 0 Å². The van der Waals surface area contributed by atoms with Crippen LogP contribution >= 0.6 is 0 Å². The van der Waals surface area contributed by atoms with E-state index in [9.17, 15) is 0 Å². The third kappa shape index (κ3) is 5.64. The van der Waals surface area contributed by atoms with E-state index in [4.69, 9.17) is 20.2 Å². The number of fused-ring (bicyclic) bond motifs is 1. The lowest BCUT2D eigenvalue weighted by molar-refractivity contribution is 0.0579. The minimum Gasteiger partial charge on any atom is -0.457 e. The van der Waals surface area contributed by atoms with Crippen LogP contribution in [0.4, 0.5) is 5.82 Å². The molecule has 2 N–H and O–H groups in total. The second kappa shape index (κ2) is 11.7. The SMILES string of the molecule is COCCN1CCN(C2CCC(n3cc(-c4ccc(Oc5ccccc5)cc4)c4c(N)ncnc43)CC2)CC1. The summed E-state index contributed by atoms with van der Waals surface area (Å²) in [4.78, 5) is 14.3. The zero-order chi connectivity index (χ0) is 26.6. The minimum atomic E-state index is 0.412. The number of para-hydroxylation sites is 1. The van der Waals surface area contributed by atoms with Crippen LogP contribution in [0.5, 0.6) is 11.5 Å². The Hall–Kier alpha value is -3.46. The average molecular weight is 527 g/mol. The first-order valence-corrected chi connectivity index (χ1v) is 14.1. The van der Waals surface area contributed by atoms with Crippen molar-refractivity contribution < 1.29 is 9.47 Å². The number of hydrogen-bond acceptors (Lipinski definition) is 7. The second-order valence-electron chi connectivity index (χ2n) is 10.7. The van der Waals surface area contributed by atoms with Gasteiger partial charge in [0.25, 0.3) is 0 Å². The highest BCUT2D eigenvalue weighted by atomic mass is 16.5. The van der Waals surface area contributed by atoms with Crippen molar-refractivity contribution >= 4 is 16.9 Å². The van der Waals surface area contributed by atoms with Crippen LogP contribution in [-0.2, 0) is 4.74 Å². The molecule has 0 amide bonds. The van der Waals surface area contributed by atoms with Gasteiger partial charge in [-0.1, -0.05) is 30.3 Å². The molecule has 2 aromatic heterocycles. The van der Waals surface area contributed by atoms with Crippen LogP contribution < -0.4 is 10.5 Å².